The molecule has 0 amide bonds. The van der Waals surface area contributed by atoms with Crippen LogP contribution in [0.15, 0.2) is 40.9 Å². The van der Waals surface area contributed by atoms with Gasteiger partial charge in [-0.3, -0.25) is 4.79 Å². The number of aromatic nitrogens is 2. The molecule has 0 bridgehead atoms. The highest BCUT2D eigenvalue weighted by molar-refractivity contribution is 6.03. The van der Waals surface area contributed by atoms with Gasteiger partial charge in [0.15, 0.2) is 18.2 Å². The largest absolute Gasteiger partial charge is 0.482 e. The van der Waals surface area contributed by atoms with E-state index in [1.807, 2.05) is 30.3 Å². The number of hydrogen-bond donors (Lipinski definition) is 0. The van der Waals surface area contributed by atoms with Crippen molar-refractivity contribution in [2.24, 2.45) is 0 Å². The molecule has 0 aliphatic rings. The van der Waals surface area contributed by atoms with Crippen molar-refractivity contribution in [1.82, 2.24) is 10.1 Å². The summed E-state index contributed by atoms with van der Waals surface area (Å²) in [6.45, 7) is 3.40. The average molecular weight is 282 g/mol. The Morgan fingerprint density at radius 1 is 1.24 bits per heavy atom. The maximum Gasteiger partial charge on any atom is 0.264 e. The number of fused-ring (bicyclic) bond motifs is 1. The number of ketones is 1. The van der Waals surface area contributed by atoms with Crippen molar-refractivity contribution in [2.45, 2.75) is 20.5 Å². The fourth-order valence-corrected chi connectivity index (χ4v) is 2.21. The zero-order chi connectivity index (χ0) is 14.8. The van der Waals surface area contributed by atoms with Crippen LogP contribution >= 0.6 is 0 Å². The first-order chi connectivity index (χ1) is 10.1. The van der Waals surface area contributed by atoms with E-state index in [2.05, 4.69) is 10.1 Å². The second kappa shape index (κ2) is 5.36. The minimum Gasteiger partial charge on any atom is -0.482 e. The third kappa shape index (κ3) is 2.63. The monoisotopic (exact) mass is 282 g/mol. The normalized spacial score (nSPS) is 10.8. The highest BCUT2D eigenvalue weighted by Gasteiger charge is 2.14. The summed E-state index contributed by atoms with van der Waals surface area (Å²) in [7, 11) is 0. The van der Waals surface area contributed by atoms with Gasteiger partial charge in [0, 0.05) is 5.39 Å². The highest BCUT2D eigenvalue weighted by Crippen LogP contribution is 2.30. The third-order valence-electron chi connectivity index (χ3n) is 3.17. The molecule has 0 aliphatic heterocycles. The third-order valence-corrected chi connectivity index (χ3v) is 3.17. The maximum absolute atomic E-state index is 11.8. The van der Waals surface area contributed by atoms with Crippen LogP contribution in [0.2, 0.25) is 0 Å². The van der Waals surface area contributed by atoms with Crippen molar-refractivity contribution in [3.8, 4) is 5.75 Å². The molecule has 106 valence electrons. The zero-order valence-corrected chi connectivity index (χ0v) is 11.8. The average Bonchev–Trinajstić information content (AvgIpc) is 2.90. The Morgan fingerprint density at radius 3 is 2.76 bits per heavy atom. The summed E-state index contributed by atoms with van der Waals surface area (Å²) >= 11 is 0. The first kappa shape index (κ1) is 13.3. The van der Waals surface area contributed by atoms with Crippen molar-refractivity contribution < 1.29 is 14.1 Å². The molecule has 3 rings (SSSR count). The van der Waals surface area contributed by atoms with Crippen LogP contribution in [-0.2, 0) is 6.61 Å². The van der Waals surface area contributed by atoms with E-state index >= 15 is 0 Å². The van der Waals surface area contributed by atoms with E-state index in [0.717, 1.165) is 10.8 Å². The SMILES string of the molecule is CC(=O)c1ccc2ccccc2c1OCc1nc(C)no1. The molecule has 1 aromatic heterocycles. The van der Waals surface area contributed by atoms with Crippen molar-refractivity contribution in [3.05, 3.63) is 53.7 Å². The minimum absolute atomic E-state index is 0.0440. The summed E-state index contributed by atoms with van der Waals surface area (Å²) < 4.78 is 10.8. The lowest BCUT2D eigenvalue weighted by atomic mass is 10.0. The molecule has 0 saturated carbocycles. The van der Waals surface area contributed by atoms with E-state index in [0.29, 0.717) is 23.0 Å². The van der Waals surface area contributed by atoms with Gasteiger partial charge < -0.3 is 9.26 Å². The quantitative estimate of drug-likeness (QED) is 0.687. The molecule has 21 heavy (non-hydrogen) atoms. The summed E-state index contributed by atoms with van der Waals surface area (Å²) in [4.78, 5) is 15.9. The van der Waals surface area contributed by atoms with E-state index in [-0.39, 0.29) is 12.4 Å². The van der Waals surface area contributed by atoms with Crippen molar-refractivity contribution >= 4 is 16.6 Å². The molecule has 5 heteroatoms. The van der Waals surface area contributed by atoms with Gasteiger partial charge in [-0.05, 0) is 25.3 Å². The molecule has 0 unspecified atom stereocenters. The van der Waals surface area contributed by atoms with Crippen molar-refractivity contribution in [1.29, 1.82) is 0 Å². The number of Topliss-reactive ketones (excluding diaryl/α,β-unsaturated/α-hetero) is 1. The van der Waals surface area contributed by atoms with Crippen LogP contribution in [0.5, 0.6) is 5.75 Å². The number of carbonyl (C=O) groups is 1. The molecule has 0 fully saturated rings. The molecule has 2 aromatic carbocycles. The van der Waals surface area contributed by atoms with Crippen molar-refractivity contribution in [3.63, 3.8) is 0 Å². The van der Waals surface area contributed by atoms with Gasteiger partial charge in [-0.25, -0.2) is 0 Å². The Kier molecular flexibility index (Phi) is 3.39. The summed E-state index contributed by atoms with van der Waals surface area (Å²) in [6.07, 6.45) is 0. The van der Waals surface area contributed by atoms with Crippen LogP contribution in [0.1, 0.15) is 29.0 Å². The topological polar surface area (TPSA) is 65.2 Å². The number of rotatable bonds is 4. The van der Waals surface area contributed by atoms with Crippen LogP contribution in [0.4, 0.5) is 0 Å². The molecule has 0 aliphatic carbocycles. The molecule has 1 heterocycles. The smallest absolute Gasteiger partial charge is 0.264 e. The summed E-state index contributed by atoms with van der Waals surface area (Å²) in [5, 5.41) is 5.62. The molecule has 5 nitrogen and oxygen atoms in total. The van der Waals surface area contributed by atoms with Gasteiger partial charge in [-0.2, -0.15) is 4.98 Å². The standard InChI is InChI=1S/C16H14N2O3/c1-10(19)13-8-7-12-5-3-4-6-14(12)16(13)20-9-15-17-11(2)18-21-15/h3-8H,9H2,1-2H3. The van der Waals surface area contributed by atoms with Gasteiger partial charge in [-0.1, -0.05) is 35.5 Å². The Balaban J connectivity index is 2.01. The van der Waals surface area contributed by atoms with Gasteiger partial charge in [0.2, 0.25) is 0 Å². The fraction of sp³-hybridized carbons (Fsp3) is 0.188. The molecule has 0 atom stereocenters. The number of nitrogens with zero attached hydrogens (tertiary/aromatic N) is 2. The highest BCUT2D eigenvalue weighted by atomic mass is 16.5. The van der Waals surface area contributed by atoms with Gasteiger partial charge >= 0.3 is 0 Å². The van der Waals surface area contributed by atoms with E-state index in [4.69, 9.17) is 9.26 Å². The zero-order valence-electron chi connectivity index (χ0n) is 11.8. The van der Waals surface area contributed by atoms with Gasteiger partial charge in [-0.15, -0.1) is 0 Å². The lowest BCUT2D eigenvalue weighted by molar-refractivity contribution is 0.101. The van der Waals surface area contributed by atoms with Crippen LogP contribution in [-0.4, -0.2) is 15.9 Å². The number of benzene rings is 2. The first-order valence-electron chi connectivity index (χ1n) is 6.60. The minimum atomic E-state index is -0.0440. The van der Waals surface area contributed by atoms with Crippen LogP contribution in [0.25, 0.3) is 10.8 Å². The Morgan fingerprint density at radius 2 is 2.05 bits per heavy atom. The molecular formula is C16H14N2O3. The first-order valence-corrected chi connectivity index (χ1v) is 6.60. The van der Waals surface area contributed by atoms with Crippen molar-refractivity contribution in [2.75, 3.05) is 0 Å². The molecule has 0 spiro atoms. The lowest BCUT2D eigenvalue weighted by Gasteiger charge is -2.11. The molecule has 3 aromatic rings. The Labute approximate surface area is 121 Å². The van der Waals surface area contributed by atoms with E-state index in [1.165, 1.54) is 6.92 Å². The summed E-state index contributed by atoms with van der Waals surface area (Å²) in [5.41, 5.74) is 0.546. The Hall–Kier alpha value is -2.69. The van der Waals surface area contributed by atoms with E-state index in [9.17, 15) is 4.79 Å². The predicted molar refractivity (Wildman–Crippen MR) is 77.3 cm³/mol. The maximum atomic E-state index is 11.8. The molecule has 0 N–H and O–H groups in total. The van der Waals surface area contributed by atoms with E-state index < -0.39 is 0 Å². The summed E-state index contributed by atoms with van der Waals surface area (Å²) in [5.74, 6) is 1.45. The molecule has 0 saturated heterocycles. The van der Waals surface area contributed by atoms with Crippen LogP contribution in [0.3, 0.4) is 0 Å². The fourth-order valence-electron chi connectivity index (χ4n) is 2.21. The Bertz CT molecular complexity index is 808. The van der Waals surface area contributed by atoms with Crippen LogP contribution < -0.4 is 4.74 Å². The number of carbonyl (C=O) groups excluding carboxylic acids is 1. The molecule has 0 radical (unpaired) electrons. The second-order valence-corrected chi connectivity index (χ2v) is 4.74. The van der Waals surface area contributed by atoms with E-state index in [1.54, 1.807) is 13.0 Å². The number of aryl methyl sites for hydroxylation is 1. The number of hydrogen-bond acceptors (Lipinski definition) is 5. The lowest BCUT2D eigenvalue weighted by Crippen LogP contribution is -2.02. The summed E-state index contributed by atoms with van der Waals surface area (Å²) in [6, 6.07) is 11.4. The predicted octanol–water partition coefficient (Wildman–Crippen LogP) is 3.31. The van der Waals surface area contributed by atoms with Gasteiger partial charge in [0.25, 0.3) is 5.89 Å². The molecular weight excluding hydrogens is 268 g/mol. The number of ether oxygens (including phenoxy) is 1. The van der Waals surface area contributed by atoms with Gasteiger partial charge in [0.1, 0.15) is 5.75 Å². The van der Waals surface area contributed by atoms with Gasteiger partial charge in [0.05, 0.1) is 5.56 Å². The van der Waals surface area contributed by atoms with Crippen LogP contribution in [0, 0.1) is 6.92 Å². The second-order valence-electron chi connectivity index (χ2n) is 4.74.